The summed E-state index contributed by atoms with van der Waals surface area (Å²) in [6.07, 6.45) is -4.63. The van der Waals surface area contributed by atoms with Gasteiger partial charge >= 0.3 is 25.0 Å². The first-order valence-corrected chi connectivity index (χ1v) is 4.26. The van der Waals surface area contributed by atoms with Crippen LogP contribution in [0.2, 0.25) is 0 Å². The van der Waals surface area contributed by atoms with Gasteiger partial charge in [0, 0.05) is 4.90 Å². The number of hydrogen-bond acceptors (Lipinski definition) is 2. The quantitative estimate of drug-likeness (QED) is 0.450. The Kier molecular flexibility index (Phi) is 4.88. The van der Waals surface area contributed by atoms with Gasteiger partial charge in [-0.25, -0.2) is 0 Å². The summed E-state index contributed by atoms with van der Waals surface area (Å²) in [6.45, 7) is 0. The van der Waals surface area contributed by atoms with Gasteiger partial charge in [-0.15, -0.1) is 0 Å². The van der Waals surface area contributed by atoms with E-state index >= 15 is 0 Å². The zero-order valence-electron chi connectivity index (χ0n) is 8.17. The molecule has 0 saturated carbocycles. The fourth-order valence-electron chi connectivity index (χ4n) is 0.846. The molecule has 0 heterocycles. The third-order valence-corrected chi connectivity index (χ3v) is 2.09. The Morgan fingerprint density at radius 2 is 1.79 bits per heavy atom. The average Bonchev–Trinajstić information content (AvgIpc) is 2.03. The molecule has 0 bridgehead atoms. The van der Waals surface area contributed by atoms with Gasteiger partial charge in [0.05, 0.1) is 5.56 Å². The Morgan fingerprint density at radius 3 is 2.14 bits per heavy atom. The molecule has 0 amide bonds. The first kappa shape index (κ1) is 13.7. The van der Waals surface area contributed by atoms with E-state index in [-0.39, 0.29) is 20.3 Å². The number of benzene rings is 1. The van der Waals surface area contributed by atoms with Gasteiger partial charge in [0.2, 0.25) is 0 Å². The van der Waals surface area contributed by atoms with Crippen LogP contribution < -0.4 is 18.9 Å². The van der Waals surface area contributed by atoms with E-state index in [9.17, 15) is 21.9 Å². The van der Waals surface area contributed by atoms with Crippen molar-refractivity contribution < 1.29 is 42.2 Å². The molecule has 0 radical (unpaired) electrons. The minimum absolute atomic E-state index is 0. The van der Waals surface area contributed by atoms with Crippen molar-refractivity contribution in [3.63, 3.8) is 0 Å². The van der Waals surface area contributed by atoms with Crippen LogP contribution in [0, 0.1) is 0 Å². The van der Waals surface area contributed by atoms with Gasteiger partial charge in [0.25, 0.3) is 0 Å². The Hall–Kier alpha value is -0.283. The molecule has 0 spiro atoms. The third-order valence-electron chi connectivity index (χ3n) is 1.37. The van der Waals surface area contributed by atoms with Gasteiger partial charge in [-0.2, -0.15) is 13.2 Å². The second-order valence-electron chi connectivity index (χ2n) is 2.23. The van der Waals surface area contributed by atoms with Crippen LogP contribution >= 0.6 is 0 Å². The minimum atomic E-state index is -4.63. The van der Waals surface area contributed by atoms with Crippen LogP contribution in [-0.4, -0.2) is 8.76 Å². The van der Waals surface area contributed by atoms with Crippen LogP contribution in [0.25, 0.3) is 0 Å². The molecular weight excluding hydrogens is 212 g/mol. The molecule has 74 valence electrons. The Balaban J connectivity index is 0. The van der Waals surface area contributed by atoms with Crippen molar-refractivity contribution in [2.75, 3.05) is 0 Å². The van der Waals surface area contributed by atoms with Gasteiger partial charge in [-0.1, -0.05) is 12.1 Å². The van der Waals surface area contributed by atoms with Crippen LogP contribution in [0.5, 0.6) is 0 Å². The van der Waals surface area contributed by atoms with E-state index in [0.717, 1.165) is 18.2 Å². The van der Waals surface area contributed by atoms with Crippen molar-refractivity contribution in [2.24, 2.45) is 0 Å². The monoisotopic (exact) mass is 217 g/mol. The SMILES string of the molecule is O=S([O-])c1ccccc1C(F)(F)F.[H-].[Li+]. The number of hydrogen-bond donors (Lipinski definition) is 0. The number of alkyl halides is 3. The number of rotatable bonds is 1. The zero-order chi connectivity index (χ0) is 10.1. The molecule has 0 N–H and O–H groups in total. The Labute approximate surface area is 94.5 Å². The van der Waals surface area contributed by atoms with Crippen LogP contribution in [0.1, 0.15) is 6.99 Å². The molecule has 0 aliphatic carbocycles. The van der Waals surface area contributed by atoms with Crippen LogP contribution in [-0.2, 0) is 17.3 Å². The van der Waals surface area contributed by atoms with Gasteiger partial charge in [0.1, 0.15) is 0 Å². The molecule has 1 atom stereocenters. The van der Waals surface area contributed by atoms with E-state index < -0.39 is 27.7 Å². The summed E-state index contributed by atoms with van der Waals surface area (Å²) < 4.78 is 57.1. The molecule has 2 nitrogen and oxygen atoms in total. The van der Waals surface area contributed by atoms with Crippen LogP contribution in [0.3, 0.4) is 0 Å². The molecule has 0 aliphatic heterocycles. The van der Waals surface area contributed by atoms with E-state index in [4.69, 9.17) is 0 Å². The predicted octanol–water partition coefficient (Wildman–Crippen LogP) is -0.940. The smallest absolute Gasteiger partial charge is 1.00 e. The Bertz CT molecular complexity index is 345. The molecule has 1 unspecified atom stereocenters. The van der Waals surface area contributed by atoms with Crippen molar-refractivity contribution in [3.8, 4) is 0 Å². The van der Waals surface area contributed by atoms with E-state index in [1.807, 2.05) is 0 Å². The summed E-state index contributed by atoms with van der Waals surface area (Å²) in [5.41, 5.74) is -1.14. The molecule has 0 aliphatic rings. The summed E-state index contributed by atoms with van der Waals surface area (Å²) in [6, 6.07) is 4.01. The summed E-state index contributed by atoms with van der Waals surface area (Å²) in [5, 5.41) is 0. The second kappa shape index (κ2) is 4.98. The van der Waals surface area contributed by atoms with Crippen LogP contribution in [0.4, 0.5) is 13.2 Å². The van der Waals surface area contributed by atoms with E-state index in [2.05, 4.69) is 0 Å². The first-order valence-electron chi connectivity index (χ1n) is 3.18. The van der Waals surface area contributed by atoms with Gasteiger partial charge in [0.15, 0.2) is 0 Å². The Morgan fingerprint density at radius 1 is 1.29 bits per heavy atom. The summed E-state index contributed by atoms with van der Waals surface area (Å²) in [5.74, 6) is 0. The van der Waals surface area contributed by atoms with Gasteiger partial charge in [-0.3, -0.25) is 4.21 Å². The largest absolute Gasteiger partial charge is 1.00 e. The second-order valence-corrected chi connectivity index (χ2v) is 3.14. The standard InChI is InChI=1S/C7H5F3O2S.Li.H/c8-7(9,10)5-3-1-2-4-6(5)13(11)12;;/h1-4H,(H,11,12);;/q;+1;-1/p-1. The predicted molar refractivity (Wildman–Crippen MR) is 39.7 cm³/mol. The zero-order valence-corrected chi connectivity index (χ0v) is 7.98. The topological polar surface area (TPSA) is 40.1 Å². The minimum Gasteiger partial charge on any atom is -1.00 e. The normalized spacial score (nSPS) is 13.1. The van der Waals surface area contributed by atoms with Gasteiger partial charge < -0.3 is 5.98 Å². The molecule has 0 aromatic heterocycles. The van der Waals surface area contributed by atoms with E-state index in [0.29, 0.717) is 0 Å². The molecule has 0 fully saturated rings. The summed E-state index contributed by atoms with van der Waals surface area (Å²) in [7, 11) is 0. The molecule has 1 aromatic rings. The first-order chi connectivity index (χ1) is 5.93. The molecule has 7 heteroatoms. The van der Waals surface area contributed by atoms with Crippen molar-refractivity contribution in [2.45, 2.75) is 11.1 Å². The summed E-state index contributed by atoms with van der Waals surface area (Å²) in [4.78, 5) is -0.727. The fourth-order valence-corrected chi connectivity index (χ4v) is 1.40. The molecule has 14 heavy (non-hydrogen) atoms. The van der Waals surface area contributed by atoms with Crippen molar-refractivity contribution in [3.05, 3.63) is 29.8 Å². The van der Waals surface area contributed by atoms with Crippen molar-refractivity contribution in [1.29, 1.82) is 0 Å². The molecule has 1 rings (SSSR count). The number of halogens is 3. The molecular formula is C7H5F3LiO2S-. The van der Waals surface area contributed by atoms with Gasteiger partial charge in [-0.05, 0) is 23.2 Å². The van der Waals surface area contributed by atoms with Crippen molar-refractivity contribution >= 4 is 11.1 Å². The maximum Gasteiger partial charge on any atom is 1.00 e. The van der Waals surface area contributed by atoms with Crippen LogP contribution in [0.15, 0.2) is 29.2 Å². The average molecular weight is 217 g/mol. The third kappa shape index (κ3) is 3.14. The van der Waals surface area contributed by atoms with E-state index in [1.54, 1.807) is 0 Å². The van der Waals surface area contributed by atoms with E-state index in [1.165, 1.54) is 6.07 Å². The fraction of sp³-hybridized carbons (Fsp3) is 0.143. The molecule has 1 aromatic carbocycles. The molecule has 0 saturated heterocycles. The summed E-state index contributed by atoms with van der Waals surface area (Å²) >= 11 is -2.86. The maximum atomic E-state index is 12.1. The maximum absolute atomic E-state index is 12.1. The van der Waals surface area contributed by atoms with Crippen molar-refractivity contribution in [1.82, 2.24) is 0 Å².